The Morgan fingerprint density at radius 3 is 2.92 bits per heavy atom. The van der Waals surface area contributed by atoms with E-state index in [-0.39, 0.29) is 11.2 Å². The van der Waals surface area contributed by atoms with Crippen molar-refractivity contribution in [3.63, 3.8) is 0 Å². The normalized spacial score (nSPS) is 14.2. The van der Waals surface area contributed by atoms with E-state index in [1.54, 1.807) is 22.8 Å². The first kappa shape index (κ1) is 16.3. The van der Waals surface area contributed by atoms with Gasteiger partial charge in [0.05, 0.1) is 9.46 Å². The molecule has 0 atom stereocenters. The number of non-ortho nitro benzene ring substituents is 1. The van der Waals surface area contributed by atoms with Crippen molar-refractivity contribution < 1.29 is 9.34 Å². The molecule has 4 rings (SSSR count). The molecule has 0 N–H and O–H groups in total. The zero-order valence-electron chi connectivity index (χ0n) is 13.8. The zero-order valence-corrected chi connectivity index (χ0v) is 14.6. The topological polar surface area (TPSA) is 93.9 Å². The zero-order chi connectivity index (χ0) is 18.3. The van der Waals surface area contributed by atoms with Gasteiger partial charge in [-0.15, -0.1) is 0 Å². The van der Waals surface area contributed by atoms with E-state index in [9.17, 15) is 14.9 Å². The van der Waals surface area contributed by atoms with Gasteiger partial charge in [-0.25, -0.2) is 4.99 Å². The molecular weight excluding hydrogens is 356 g/mol. The number of anilines is 1. The van der Waals surface area contributed by atoms with Crippen LogP contribution in [0.5, 0.6) is 0 Å². The van der Waals surface area contributed by atoms with Crippen LogP contribution >= 0.6 is 11.3 Å². The number of aryl methyl sites for hydroxylation is 1. The molecule has 26 heavy (non-hydrogen) atoms. The number of nitrogens with zero attached hydrogens (tertiary/aromatic N) is 4. The Bertz CT molecular complexity index is 1170. The number of thiazole rings is 1. The molecule has 0 radical (unpaired) electrons. The van der Waals surface area contributed by atoms with Crippen LogP contribution in [0.25, 0.3) is 6.08 Å². The molecule has 1 aliphatic rings. The summed E-state index contributed by atoms with van der Waals surface area (Å²) in [6.07, 6.45) is 1.71. The molecule has 9 heteroatoms. The molecule has 0 bridgehead atoms. The van der Waals surface area contributed by atoms with Crippen LogP contribution in [-0.4, -0.2) is 16.2 Å². The second kappa shape index (κ2) is 6.26. The molecule has 0 fully saturated rings. The summed E-state index contributed by atoms with van der Waals surface area (Å²) in [5, 5.41) is 11.0. The Morgan fingerprint density at radius 1 is 1.35 bits per heavy atom. The third-order valence-corrected chi connectivity index (χ3v) is 5.06. The smallest absolute Gasteiger partial charge is 0.271 e. The molecule has 3 heterocycles. The Labute approximate surface area is 151 Å². The molecule has 0 saturated carbocycles. The highest BCUT2D eigenvalue weighted by molar-refractivity contribution is 7.07. The molecule has 2 aromatic heterocycles. The fourth-order valence-corrected chi connectivity index (χ4v) is 3.68. The van der Waals surface area contributed by atoms with Gasteiger partial charge in [0.15, 0.2) is 4.80 Å². The van der Waals surface area contributed by atoms with Gasteiger partial charge in [0.25, 0.3) is 11.2 Å². The minimum Gasteiger partial charge on any atom is -0.462 e. The first-order valence-corrected chi connectivity index (χ1v) is 8.64. The highest BCUT2D eigenvalue weighted by Gasteiger charge is 2.18. The Kier molecular flexibility index (Phi) is 3.92. The molecule has 0 aliphatic carbocycles. The number of nitro benzene ring substituents is 1. The largest absolute Gasteiger partial charge is 0.462 e. The maximum absolute atomic E-state index is 12.7. The average Bonchev–Trinajstić information content (AvgIpc) is 3.18. The average molecular weight is 370 g/mol. The Hall–Kier alpha value is -3.20. The highest BCUT2D eigenvalue weighted by atomic mass is 32.1. The van der Waals surface area contributed by atoms with Gasteiger partial charge in [0.2, 0.25) is 0 Å². The lowest BCUT2D eigenvalue weighted by Gasteiger charge is -2.25. The van der Waals surface area contributed by atoms with Crippen LogP contribution in [0, 0.1) is 17.0 Å². The van der Waals surface area contributed by atoms with Crippen molar-refractivity contribution in [3.8, 4) is 0 Å². The predicted molar refractivity (Wildman–Crippen MR) is 96.8 cm³/mol. The summed E-state index contributed by atoms with van der Waals surface area (Å²) in [6, 6.07) is 9.96. The van der Waals surface area contributed by atoms with Gasteiger partial charge in [0, 0.05) is 23.9 Å². The summed E-state index contributed by atoms with van der Waals surface area (Å²) in [4.78, 5) is 30.1. The Balaban J connectivity index is 1.70. The first-order valence-electron chi connectivity index (χ1n) is 7.83. The lowest BCUT2D eigenvalue weighted by Crippen LogP contribution is -2.42. The number of fused-ring (bicyclic) bond motifs is 1. The van der Waals surface area contributed by atoms with Crippen molar-refractivity contribution in [2.75, 3.05) is 11.6 Å². The first-order chi connectivity index (χ1) is 12.5. The van der Waals surface area contributed by atoms with Crippen LogP contribution in [0.2, 0.25) is 0 Å². The Morgan fingerprint density at radius 2 is 2.19 bits per heavy atom. The third kappa shape index (κ3) is 2.93. The van der Waals surface area contributed by atoms with E-state index in [4.69, 9.17) is 4.42 Å². The fraction of sp³-hybridized carbons (Fsp3) is 0.176. The molecular formula is C17H14N4O4S. The standard InChI is InChI=1S/C17H14N4O4S/c1-11-5-6-14(25-11)8-15-16(22)20-10-19(9-18-17(20)26-15)12-3-2-4-13(7-12)21(23)24/h2-8H,9-10H2,1H3/b15-8-. The number of hydrogen-bond donors (Lipinski definition) is 0. The van der Waals surface area contributed by atoms with Crippen molar-refractivity contribution in [2.45, 2.75) is 13.6 Å². The van der Waals surface area contributed by atoms with E-state index in [1.807, 2.05) is 24.0 Å². The van der Waals surface area contributed by atoms with Crippen molar-refractivity contribution in [1.29, 1.82) is 0 Å². The second-order valence-corrected chi connectivity index (χ2v) is 6.84. The van der Waals surface area contributed by atoms with E-state index >= 15 is 0 Å². The van der Waals surface area contributed by atoms with E-state index in [2.05, 4.69) is 4.99 Å². The van der Waals surface area contributed by atoms with E-state index in [1.165, 1.54) is 23.5 Å². The van der Waals surface area contributed by atoms with Gasteiger partial charge >= 0.3 is 0 Å². The quantitative estimate of drug-likeness (QED) is 0.516. The van der Waals surface area contributed by atoms with Gasteiger partial charge in [-0.2, -0.15) is 0 Å². The van der Waals surface area contributed by atoms with Crippen LogP contribution in [0.4, 0.5) is 11.4 Å². The second-order valence-electron chi connectivity index (χ2n) is 5.83. The van der Waals surface area contributed by atoms with Crippen molar-refractivity contribution in [3.05, 3.63) is 77.7 Å². The number of hydrogen-bond acceptors (Lipinski definition) is 7. The molecule has 8 nitrogen and oxygen atoms in total. The number of nitro groups is 1. The van der Waals surface area contributed by atoms with Gasteiger partial charge in [0.1, 0.15) is 24.9 Å². The molecule has 0 saturated heterocycles. The van der Waals surface area contributed by atoms with E-state index in [0.29, 0.717) is 34.1 Å². The van der Waals surface area contributed by atoms with Gasteiger partial charge < -0.3 is 9.32 Å². The molecule has 3 aromatic rings. The minimum atomic E-state index is -0.439. The lowest BCUT2D eigenvalue weighted by molar-refractivity contribution is -0.384. The van der Waals surface area contributed by atoms with Crippen LogP contribution in [-0.2, 0) is 6.67 Å². The van der Waals surface area contributed by atoms with Crippen molar-refractivity contribution in [2.24, 2.45) is 4.99 Å². The molecule has 0 unspecified atom stereocenters. The van der Waals surface area contributed by atoms with Crippen molar-refractivity contribution in [1.82, 2.24) is 4.57 Å². The maximum Gasteiger partial charge on any atom is 0.271 e. The monoisotopic (exact) mass is 370 g/mol. The number of aromatic nitrogens is 1. The summed E-state index contributed by atoms with van der Waals surface area (Å²) >= 11 is 1.30. The van der Waals surface area contributed by atoms with E-state index < -0.39 is 4.92 Å². The molecule has 1 aliphatic heterocycles. The van der Waals surface area contributed by atoms with Gasteiger partial charge in [-0.05, 0) is 25.1 Å². The predicted octanol–water partition coefficient (Wildman–Crippen LogP) is 1.60. The SMILES string of the molecule is Cc1ccc(/C=c2\sc3n(c2=O)CN(c2cccc([N+](=O)[O-])c2)CN=3)o1. The maximum atomic E-state index is 12.7. The van der Waals surface area contributed by atoms with E-state index in [0.717, 1.165) is 5.76 Å². The number of furan rings is 1. The van der Waals surface area contributed by atoms with Crippen molar-refractivity contribution >= 4 is 28.8 Å². The number of benzene rings is 1. The third-order valence-electron chi connectivity index (χ3n) is 4.02. The highest BCUT2D eigenvalue weighted by Crippen LogP contribution is 2.21. The van der Waals surface area contributed by atoms with Gasteiger partial charge in [-0.3, -0.25) is 19.5 Å². The molecule has 0 spiro atoms. The molecule has 0 amide bonds. The summed E-state index contributed by atoms with van der Waals surface area (Å²) in [5.74, 6) is 1.40. The minimum absolute atomic E-state index is 0.00757. The molecule has 132 valence electrons. The van der Waals surface area contributed by atoms with Crippen LogP contribution in [0.1, 0.15) is 11.5 Å². The van der Waals surface area contributed by atoms with Crippen LogP contribution in [0.15, 0.2) is 50.6 Å². The van der Waals surface area contributed by atoms with Crippen LogP contribution in [0.3, 0.4) is 0 Å². The number of rotatable bonds is 3. The van der Waals surface area contributed by atoms with Gasteiger partial charge in [-0.1, -0.05) is 17.4 Å². The summed E-state index contributed by atoms with van der Waals surface area (Å²) in [7, 11) is 0. The summed E-state index contributed by atoms with van der Waals surface area (Å²) < 4.78 is 7.60. The summed E-state index contributed by atoms with van der Waals surface area (Å²) in [5.41, 5.74) is 0.505. The molecule has 1 aromatic carbocycles. The summed E-state index contributed by atoms with van der Waals surface area (Å²) in [6.45, 7) is 2.47. The fourth-order valence-electron chi connectivity index (χ4n) is 2.74. The van der Waals surface area contributed by atoms with Crippen LogP contribution < -0.4 is 19.8 Å². The lowest BCUT2D eigenvalue weighted by atomic mass is 10.2.